The number of hydrogen-bond acceptors (Lipinski definition) is 2. The van der Waals surface area contributed by atoms with E-state index in [1.807, 2.05) is 18.5 Å². The molecule has 0 amide bonds. The average Bonchev–Trinajstić information content (AvgIpc) is 2.48. The molecule has 0 aliphatic rings. The smallest absolute Gasteiger partial charge is 0.0485 e. The van der Waals surface area contributed by atoms with E-state index in [-0.39, 0.29) is 6.04 Å². The lowest BCUT2D eigenvalue weighted by molar-refractivity contribution is 0.886. The maximum atomic E-state index is 4.17. The van der Waals surface area contributed by atoms with Crippen molar-refractivity contribution in [3.63, 3.8) is 0 Å². The Kier molecular flexibility index (Phi) is 3.70. The third kappa shape index (κ3) is 2.68. The van der Waals surface area contributed by atoms with Gasteiger partial charge in [-0.15, -0.1) is 0 Å². The molecule has 1 heterocycles. The van der Waals surface area contributed by atoms with E-state index in [1.54, 1.807) is 0 Å². The van der Waals surface area contributed by atoms with Crippen LogP contribution in [0.25, 0.3) is 10.8 Å². The highest BCUT2D eigenvalue weighted by Crippen LogP contribution is 2.27. The van der Waals surface area contributed by atoms with E-state index in [0.717, 1.165) is 15.5 Å². The Hall–Kier alpha value is -1.87. The van der Waals surface area contributed by atoms with Gasteiger partial charge in [0.2, 0.25) is 0 Å². The van der Waals surface area contributed by atoms with E-state index in [0.29, 0.717) is 0 Å². The maximum Gasteiger partial charge on any atom is 0.0485 e. The summed E-state index contributed by atoms with van der Waals surface area (Å²) in [6.45, 7) is 2.17. The van der Waals surface area contributed by atoms with E-state index in [2.05, 4.69) is 75.6 Å². The van der Waals surface area contributed by atoms with Crippen molar-refractivity contribution in [2.24, 2.45) is 0 Å². The molecule has 0 saturated carbocycles. The minimum Gasteiger partial charge on any atom is -0.378 e. The molecule has 0 radical (unpaired) electrons. The fraction of sp³-hybridized carbons (Fsp3) is 0.118. The number of halogens is 1. The van der Waals surface area contributed by atoms with Crippen LogP contribution in [0.1, 0.15) is 18.5 Å². The average molecular weight is 327 g/mol. The zero-order chi connectivity index (χ0) is 13.9. The summed E-state index contributed by atoms with van der Waals surface area (Å²) in [4.78, 5) is 4.17. The third-order valence-corrected chi connectivity index (χ3v) is 3.95. The van der Waals surface area contributed by atoms with Gasteiger partial charge in [0, 0.05) is 39.4 Å². The largest absolute Gasteiger partial charge is 0.378 e. The van der Waals surface area contributed by atoms with Gasteiger partial charge in [0.05, 0.1) is 0 Å². The zero-order valence-corrected chi connectivity index (χ0v) is 12.8. The molecule has 100 valence electrons. The predicted octanol–water partition coefficient (Wildman–Crippen LogP) is 5.17. The predicted molar refractivity (Wildman–Crippen MR) is 87.9 cm³/mol. The second kappa shape index (κ2) is 5.63. The number of nitrogens with one attached hydrogen (secondary N) is 1. The molecule has 3 aromatic rings. The van der Waals surface area contributed by atoms with Crippen molar-refractivity contribution >= 4 is 32.4 Å². The first-order valence-electron chi connectivity index (χ1n) is 6.59. The molecule has 3 heteroatoms. The van der Waals surface area contributed by atoms with Crippen molar-refractivity contribution in [2.75, 3.05) is 5.32 Å². The first-order valence-corrected chi connectivity index (χ1v) is 7.38. The zero-order valence-electron chi connectivity index (χ0n) is 11.2. The van der Waals surface area contributed by atoms with E-state index in [1.165, 1.54) is 10.9 Å². The molecule has 1 N–H and O–H groups in total. The molecular formula is C17H15BrN2. The van der Waals surface area contributed by atoms with Gasteiger partial charge in [-0.2, -0.15) is 0 Å². The van der Waals surface area contributed by atoms with Crippen molar-refractivity contribution in [3.05, 3.63) is 71.0 Å². The van der Waals surface area contributed by atoms with Crippen LogP contribution in [0.3, 0.4) is 0 Å². The topological polar surface area (TPSA) is 24.9 Å². The summed E-state index contributed by atoms with van der Waals surface area (Å²) in [5.74, 6) is 0. The van der Waals surface area contributed by atoms with Gasteiger partial charge >= 0.3 is 0 Å². The van der Waals surface area contributed by atoms with Gasteiger partial charge in [0.25, 0.3) is 0 Å². The molecule has 0 saturated heterocycles. The van der Waals surface area contributed by atoms with Crippen molar-refractivity contribution in [3.8, 4) is 0 Å². The fourth-order valence-electron chi connectivity index (χ4n) is 2.32. The van der Waals surface area contributed by atoms with E-state index < -0.39 is 0 Å². The van der Waals surface area contributed by atoms with Crippen molar-refractivity contribution in [2.45, 2.75) is 13.0 Å². The Bertz CT molecular complexity index is 717. The number of anilines is 1. The van der Waals surface area contributed by atoms with Crippen LogP contribution in [0.4, 0.5) is 5.69 Å². The van der Waals surface area contributed by atoms with E-state index in [4.69, 9.17) is 0 Å². The Morgan fingerprint density at radius 3 is 2.65 bits per heavy atom. The lowest BCUT2D eigenvalue weighted by atomic mass is 10.1. The normalized spacial score (nSPS) is 12.3. The monoisotopic (exact) mass is 326 g/mol. The van der Waals surface area contributed by atoms with Crippen LogP contribution in [0.15, 0.2) is 65.4 Å². The van der Waals surface area contributed by atoms with Crippen LogP contribution < -0.4 is 5.32 Å². The summed E-state index contributed by atoms with van der Waals surface area (Å²) in [5, 5.41) is 5.93. The molecule has 0 spiro atoms. The summed E-state index contributed by atoms with van der Waals surface area (Å²) in [5.41, 5.74) is 2.40. The van der Waals surface area contributed by atoms with Crippen molar-refractivity contribution in [1.82, 2.24) is 4.98 Å². The second-order valence-corrected chi connectivity index (χ2v) is 5.74. The minimum absolute atomic E-state index is 0.252. The van der Waals surface area contributed by atoms with Crippen LogP contribution >= 0.6 is 15.9 Å². The second-order valence-electron chi connectivity index (χ2n) is 4.82. The molecule has 1 unspecified atom stereocenters. The minimum atomic E-state index is 0.252. The van der Waals surface area contributed by atoms with Gasteiger partial charge < -0.3 is 5.32 Å². The van der Waals surface area contributed by atoms with Crippen molar-refractivity contribution < 1.29 is 0 Å². The molecule has 0 fully saturated rings. The van der Waals surface area contributed by atoms with Gasteiger partial charge in [-0.05, 0) is 36.8 Å². The van der Waals surface area contributed by atoms with Crippen molar-refractivity contribution in [1.29, 1.82) is 0 Å². The Balaban J connectivity index is 1.91. The number of aromatic nitrogens is 1. The van der Waals surface area contributed by atoms with Gasteiger partial charge in [-0.3, -0.25) is 4.98 Å². The van der Waals surface area contributed by atoms with Crippen LogP contribution in [-0.4, -0.2) is 4.98 Å². The highest BCUT2D eigenvalue weighted by atomic mass is 79.9. The standard InChI is InChI=1S/C17H15BrN2/c1-12(13-5-7-15(18)8-6-13)20-17-4-2-3-14-11-19-10-9-16(14)17/h2-12,20H,1H3. The fourth-order valence-corrected chi connectivity index (χ4v) is 2.58. The third-order valence-electron chi connectivity index (χ3n) is 3.42. The number of hydrogen-bond donors (Lipinski definition) is 1. The molecule has 0 aliphatic carbocycles. The highest BCUT2D eigenvalue weighted by Gasteiger charge is 2.07. The SMILES string of the molecule is CC(Nc1cccc2cnccc12)c1ccc(Br)cc1. The molecule has 2 aromatic carbocycles. The molecular weight excluding hydrogens is 312 g/mol. The molecule has 0 aliphatic heterocycles. The molecule has 1 aromatic heterocycles. The van der Waals surface area contributed by atoms with Crippen LogP contribution in [0.2, 0.25) is 0 Å². The lowest BCUT2D eigenvalue weighted by Crippen LogP contribution is -2.06. The summed E-state index contributed by atoms with van der Waals surface area (Å²) in [7, 11) is 0. The van der Waals surface area contributed by atoms with Crippen LogP contribution in [-0.2, 0) is 0 Å². The first kappa shape index (κ1) is 13.1. The number of nitrogens with zero attached hydrogens (tertiary/aromatic N) is 1. The molecule has 3 rings (SSSR count). The molecule has 20 heavy (non-hydrogen) atoms. The van der Waals surface area contributed by atoms with Crippen LogP contribution in [0, 0.1) is 0 Å². The summed E-state index contributed by atoms with van der Waals surface area (Å²) >= 11 is 3.47. The van der Waals surface area contributed by atoms with Crippen LogP contribution in [0.5, 0.6) is 0 Å². The number of benzene rings is 2. The van der Waals surface area contributed by atoms with E-state index >= 15 is 0 Å². The van der Waals surface area contributed by atoms with E-state index in [9.17, 15) is 0 Å². The number of fused-ring (bicyclic) bond motifs is 1. The number of pyridine rings is 1. The highest BCUT2D eigenvalue weighted by molar-refractivity contribution is 9.10. The quantitative estimate of drug-likeness (QED) is 0.718. The van der Waals surface area contributed by atoms with Gasteiger partial charge in [0.15, 0.2) is 0 Å². The Morgan fingerprint density at radius 2 is 1.85 bits per heavy atom. The Labute approximate surface area is 127 Å². The summed E-state index contributed by atoms with van der Waals surface area (Å²) in [6.07, 6.45) is 3.72. The van der Waals surface area contributed by atoms with Gasteiger partial charge in [-0.25, -0.2) is 0 Å². The number of rotatable bonds is 3. The van der Waals surface area contributed by atoms with Gasteiger partial charge in [-0.1, -0.05) is 40.2 Å². The molecule has 1 atom stereocenters. The van der Waals surface area contributed by atoms with Gasteiger partial charge in [0.1, 0.15) is 0 Å². The molecule has 0 bridgehead atoms. The first-order chi connectivity index (χ1) is 9.74. The maximum absolute atomic E-state index is 4.17. The molecule has 2 nitrogen and oxygen atoms in total. The lowest BCUT2D eigenvalue weighted by Gasteiger charge is -2.17. The summed E-state index contributed by atoms with van der Waals surface area (Å²) < 4.78 is 1.10. The Morgan fingerprint density at radius 1 is 1.05 bits per heavy atom. The summed E-state index contributed by atoms with van der Waals surface area (Å²) in [6, 6.07) is 17.0.